The second-order valence-corrected chi connectivity index (χ2v) is 9.26. The maximum atomic E-state index is 12.0. The highest BCUT2D eigenvalue weighted by Crippen LogP contribution is 2.31. The maximum absolute atomic E-state index is 12.0. The van der Waals surface area contributed by atoms with Gasteiger partial charge in [-0.1, -0.05) is 24.3 Å². The third kappa shape index (κ3) is 3.58. The predicted octanol–water partition coefficient (Wildman–Crippen LogP) is 1.64. The van der Waals surface area contributed by atoms with E-state index >= 15 is 0 Å². The molecule has 9 heteroatoms. The number of piperazine rings is 1. The van der Waals surface area contributed by atoms with Gasteiger partial charge in [-0.3, -0.25) is 4.79 Å². The van der Waals surface area contributed by atoms with Crippen LogP contribution in [0, 0.1) is 0 Å². The lowest BCUT2D eigenvalue weighted by Gasteiger charge is -2.35. The van der Waals surface area contributed by atoms with Crippen LogP contribution < -0.4 is 16.2 Å². The average molecular weight is 414 g/mol. The number of H-pyrrole nitrogens is 1. The fraction of sp³-hybridized carbons (Fsp3) is 0.300. The van der Waals surface area contributed by atoms with Crippen LogP contribution in [-0.4, -0.2) is 54.9 Å². The van der Waals surface area contributed by atoms with Crippen molar-refractivity contribution in [3.63, 3.8) is 0 Å². The molecule has 1 saturated heterocycles. The number of aromatic amines is 1. The quantitative estimate of drug-likeness (QED) is 0.629. The number of hydrogen-bond acceptors (Lipinski definition) is 6. The Kier molecular flexibility index (Phi) is 5.01. The second kappa shape index (κ2) is 7.49. The molecular weight excluding hydrogens is 390 g/mol. The lowest BCUT2D eigenvalue weighted by atomic mass is 10.0. The minimum Gasteiger partial charge on any atom is -0.397 e. The van der Waals surface area contributed by atoms with Gasteiger partial charge in [0.05, 0.1) is 28.2 Å². The SMILES string of the molecule is CCS(=O)(=O)N1CCN(c2ccc(-c3n[nH]c(=O)c4ccccc34)cc2N)CC1. The lowest BCUT2D eigenvalue weighted by molar-refractivity contribution is 0.386. The molecule has 0 radical (unpaired) electrons. The molecule has 3 N–H and O–H groups in total. The Hall–Kier alpha value is -2.91. The number of fused-ring (bicyclic) bond motifs is 1. The van der Waals surface area contributed by atoms with Gasteiger partial charge in [0, 0.05) is 37.1 Å². The standard InChI is InChI=1S/C20H23N5O3S/c1-2-29(27,28)25-11-9-24(10-12-25)18-8-7-14(13-17(18)21)19-15-5-3-4-6-16(15)20(26)23-22-19/h3-8,13H,2,9-12,21H2,1H3,(H,23,26). The molecule has 2 heterocycles. The molecule has 152 valence electrons. The topological polar surface area (TPSA) is 112 Å². The second-order valence-electron chi connectivity index (χ2n) is 7.01. The number of rotatable bonds is 4. The van der Waals surface area contributed by atoms with Crippen molar-refractivity contribution < 1.29 is 8.42 Å². The normalized spacial score (nSPS) is 15.7. The van der Waals surface area contributed by atoms with Crippen LogP contribution in [0.1, 0.15) is 6.92 Å². The average Bonchev–Trinajstić information content (AvgIpc) is 2.74. The van der Waals surface area contributed by atoms with Gasteiger partial charge in [-0.25, -0.2) is 13.5 Å². The molecule has 0 amide bonds. The summed E-state index contributed by atoms with van der Waals surface area (Å²) in [6.45, 7) is 3.73. The Morgan fingerprint density at radius 2 is 1.76 bits per heavy atom. The molecule has 0 saturated carbocycles. The van der Waals surface area contributed by atoms with Crippen molar-refractivity contribution in [1.82, 2.24) is 14.5 Å². The van der Waals surface area contributed by atoms with Crippen LogP contribution in [0.15, 0.2) is 47.3 Å². The van der Waals surface area contributed by atoms with E-state index < -0.39 is 10.0 Å². The van der Waals surface area contributed by atoms with Gasteiger partial charge in [0.2, 0.25) is 10.0 Å². The fourth-order valence-electron chi connectivity index (χ4n) is 3.71. The van der Waals surface area contributed by atoms with Crippen LogP contribution in [0.3, 0.4) is 0 Å². The van der Waals surface area contributed by atoms with Crippen molar-refractivity contribution in [2.45, 2.75) is 6.92 Å². The zero-order chi connectivity index (χ0) is 20.6. The van der Waals surface area contributed by atoms with Crippen molar-refractivity contribution in [2.75, 3.05) is 42.6 Å². The molecule has 1 fully saturated rings. The Morgan fingerprint density at radius 1 is 1.07 bits per heavy atom. The number of nitrogens with one attached hydrogen (secondary N) is 1. The molecule has 8 nitrogen and oxygen atoms in total. The van der Waals surface area contributed by atoms with E-state index in [2.05, 4.69) is 15.1 Å². The number of nitrogens with two attached hydrogens (primary N) is 1. The highest BCUT2D eigenvalue weighted by Gasteiger charge is 2.26. The minimum atomic E-state index is -3.17. The van der Waals surface area contributed by atoms with Gasteiger partial charge in [-0.2, -0.15) is 9.40 Å². The first-order valence-corrected chi connectivity index (χ1v) is 11.1. The van der Waals surface area contributed by atoms with Crippen molar-refractivity contribution in [3.8, 4) is 11.3 Å². The van der Waals surface area contributed by atoms with E-state index in [4.69, 9.17) is 5.73 Å². The molecule has 4 rings (SSSR count). The monoisotopic (exact) mass is 413 g/mol. The van der Waals surface area contributed by atoms with Crippen molar-refractivity contribution in [1.29, 1.82) is 0 Å². The summed E-state index contributed by atoms with van der Waals surface area (Å²) >= 11 is 0. The van der Waals surface area contributed by atoms with Crippen LogP contribution in [0.2, 0.25) is 0 Å². The number of benzene rings is 2. The zero-order valence-electron chi connectivity index (χ0n) is 16.1. The van der Waals surface area contributed by atoms with Crippen molar-refractivity contribution in [2.24, 2.45) is 0 Å². The summed E-state index contributed by atoms with van der Waals surface area (Å²) in [5.41, 5.74) is 9.04. The summed E-state index contributed by atoms with van der Waals surface area (Å²) in [6, 6.07) is 13.0. The first kappa shape index (κ1) is 19.4. The van der Waals surface area contributed by atoms with Crippen LogP contribution in [0.5, 0.6) is 0 Å². The number of sulfonamides is 1. The Bertz CT molecular complexity index is 1210. The molecule has 0 spiro atoms. The number of nitrogens with zero attached hydrogens (tertiary/aromatic N) is 3. The lowest BCUT2D eigenvalue weighted by Crippen LogP contribution is -2.49. The van der Waals surface area contributed by atoms with Gasteiger partial charge in [-0.05, 0) is 25.1 Å². The van der Waals surface area contributed by atoms with Crippen LogP contribution in [-0.2, 0) is 10.0 Å². The summed E-state index contributed by atoms with van der Waals surface area (Å²) in [7, 11) is -3.17. The molecular formula is C20H23N5O3S. The Labute approximate surface area is 169 Å². The van der Waals surface area contributed by atoms with Gasteiger partial charge in [0.15, 0.2) is 0 Å². The van der Waals surface area contributed by atoms with Gasteiger partial charge in [0.25, 0.3) is 5.56 Å². The van der Waals surface area contributed by atoms with E-state index in [9.17, 15) is 13.2 Å². The summed E-state index contributed by atoms with van der Waals surface area (Å²) in [5, 5.41) is 8.11. The third-order valence-corrected chi connectivity index (χ3v) is 7.22. The Morgan fingerprint density at radius 3 is 2.41 bits per heavy atom. The first-order valence-electron chi connectivity index (χ1n) is 9.51. The molecule has 0 unspecified atom stereocenters. The van der Waals surface area contributed by atoms with E-state index in [0.29, 0.717) is 42.9 Å². The number of hydrogen-bond donors (Lipinski definition) is 2. The van der Waals surface area contributed by atoms with Crippen LogP contribution in [0.25, 0.3) is 22.0 Å². The molecule has 0 aliphatic carbocycles. The highest BCUT2D eigenvalue weighted by atomic mass is 32.2. The summed E-state index contributed by atoms with van der Waals surface area (Å²) < 4.78 is 25.6. The van der Waals surface area contributed by atoms with Crippen LogP contribution in [0.4, 0.5) is 11.4 Å². The van der Waals surface area contributed by atoms with Gasteiger partial charge >= 0.3 is 0 Å². The third-order valence-electron chi connectivity index (χ3n) is 5.33. The molecule has 3 aromatic rings. The fourth-order valence-corrected chi connectivity index (χ4v) is 4.80. The molecule has 0 bridgehead atoms. The maximum Gasteiger partial charge on any atom is 0.272 e. The summed E-state index contributed by atoms with van der Waals surface area (Å²) in [6.07, 6.45) is 0. The van der Waals surface area contributed by atoms with E-state index in [1.807, 2.05) is 36.4 Å². The predicted molar refractivity (Wildman–Crippen MR) is 115 cm³/mol. The van der Waals surface area contributed by atoms with E-state index in [1.165, 1.54) is 4.31 Å². The largest absolute Gasteiger partial charge is 0.397 e. The molecule has 29 heavy (non-hydrogen) atoms. The molecule has 1 aliphatic heterocycles. The smallest absolute Gasteiger partial charge is 0.272 e. The molecule has 1 aromatic heterocycles. The van der Waals surface area contributed by atoms with Gasteiger partial charge in [-0.15, -0.1) is 0 Å². The summed E-state index contributed by atoms with van der Waals surface area (Å²) in [5.74, 6) is 0.115. The molecule has 2 aromatic carbocycles. The van der Waals surface area contributed by atoms with Gasteiger partial charge in [0.1, 0.15) is 0 Å². The number of anilines is 2. The summed E-state index contributed by atoms with van der Waals surface area (Å²) in [4.78, 5) is 14.1. The Balaban J connectivity index is 1.62. The highest BCUT2D eigenvalue weighted by molar-refractivity contribution is 7.89. The number of nitrogen functional groups attached to an aromatic ring is 1. The minimum absolute atomic E-state index is 0.115. The molecule has 1 aliphatic rings. The van der Waals surface area contributed by atoms with E-state index in [1.54, 1.807) is 13.0 Å². The van der Waals surface area contributed by atoms with Crippen LogP contribution >= 0.6 is 0 Å². The first-order chi connectivity index (χ1) is 13.9. The molecule has 0 atom stereocenters. The van der Waals surface area contributed by atoms with Crippen molar-refractivity contribution >= 4 is 32.2 Å². The van der Waals surface area contributed by atoms with Gasteiger partial charge < -0.3 is 10.6 Å². The number of aromatic nitrogens is 2. The van der Waals surface area contributed by atoms with E-state index in [-0.39, 0.29) is 11.3 Å². The van der Waals surface area contributed by atoms with Crippen molar-refractivity contribution in [3.05, 3.63) is 52.8 Å². The van der Waals surface area contributed by atoms with E-state index in [0.717, 1.165) is 16.6 Å². The zero-order valence-corrected chi connectivity index (χ0v) is 16.9.